The number of nitriles is 1. The molecule has 0 aliphatic heterocycles. The maximum Gasteiger partial charge on any atom is 0.232 e. The average molecular weight is 331 g/mol. The number of nitrogens with zero attached hydrogens (tertiary/aromatic N) is 2. The van der Waals surface area contributed by atoms with Crippen molar-refractivity contribution in [1.82, 2.24) is 4.72 Å². The SMILES string of the molecule is CCS(=O)(=O)NCCN(c1ccc(C#N)cc1)S(C)(=O)=O. The fourth-order valence-electron chi connectivity index (χ4n) is 1.59. The van der Waals surface area contributed by atoms with E-state index in [1.807, 2.05) is 6.07 Å². The molecule has 0 aromatic heterocycles. The molecule has 0 heterocycles. The molecule has 1 rings (SSSR count). The number of hydrogen-bond acceptors (Lipinski definition) is 5. The van der Waals surface area contributed by atoms with Crippen molar-refractivity contribution in [1.29, 1.82) is 5.26 Å². The van der Waals surface area contributed by atoms with E-state index in [0.717, 1.165) is 10.6 Å². The molecule has 21 heavy (non-hydrogen) atoms. The average Bonchev–Trinajstić information content (AvgIpc) is 2.42. The topological polar surface area (TPSA) is 107 Å². The lowest BCUT2D eigenvalue weighted by molar-refractivity contribution is 0.579. The molecule has 0 radical (unpaired) electrons. The number of anilines is 1. The predicted octanol–water partition coefficient (Wildman–Crippen LogP) is 0.264. The van der Waals surface area contributed by atoms with E-state index in [9.17, 15) is 16.8 Å². The van der Waals surface area contributed by atoms with E-state index < -0.39 is 20.0 Å². The van der Waals surface area contributed by atoms with Crippen LogP contribution in [0, 0.1) is 11.3 Å². The molecule has 0 saturated carbocycles. The molecule has 0 unspecified atom stereocenters. The van der Waals surface area contributed by atoms with Crippen molar-refractivity contribution in [2.75, 3.05) is 29.4 Å². The van der Waals surface area contributed by atoms with Gasteiger partial charge in [0.05, 0.1) is 29.3 Å². The normalized spacial score (nSPS) is 11.9. The molecule has 1 aromatic carbocycles. The summed E-state index contributed by atoms with van der Waals surface area (Å²) >= 11 is 0. The monoisotopic (exact) mass is 331 g/mol. The molecule has 0 atom stereocenters. The lowest BCUT2D eigenvalue weighted by Crippen LogP contribution is -2.38. The Hall–Kier alpha value is -1.63. The summed E-state index contributed by atoms with van der Waals surface area (Å²) in [4.78, 5) is 0. The lowest BCUT2D eigenvalue weighted by Gasteiger charge is -2.22. The van der Waals surface area contributed by atoms with E-state index >= 15 is 0 Å². The van der Waals surface area contributed by atoms with Crippen LogP contribution in [0.15, 0.2) is 24.3 Å². The van der Waals surface area contributed by atoms with E-state index in [2.05, 4.69) is 4.72 Å². The van der Waals surface area contributed by atoms with Crippen LogP contribution in [0.4, 0.5) is 5.69 Å². The summed E-state index contributed by atoms with van der Waals surface area (Å²) in [5.41, 5.74) is 0.797. The molecule has 0 amide bonds. The molecule has 0 saturated heterocycles. The Morgan fingerprint density at radius 2 is 1.76 bits per heavy atom. The molecule has 0 bridgehead atoms. The van der Waals surface area contributed by atoms with Gasteiger partial charge in [-0.05, 0) is 31.2 Å². The Morgan fingerprint density at radius 3 is 2.19 bits per heavy atom. The first-order valence-electron chi connectivity index (χ1n) is 6.15. The molecule has 0 spiro atoms. The second-order valence-corrected chi connectivity index (χ2v) is 8.29. The highest BCUT2D eigenvalue weighted by Gasteiger charge is 2.18. The highest BCUT2D eigenvalue weighted by atomic mass is 32.2. The molecule has 116 valence electrons. The van der Waals surface area contributed by atoms with E-state index in [1.165, 1.54) is 31.2 Å². The Morgan fingerprint density at radius 1 is 1.19 bits per heavy atom. The molecular formula is C12H17N3O4S2. The minimum Gasteiger partial charge on any atom is -0.269 e. The highest BCUT2D eigenvalue weighted by Crippen LogP contribution is 2.17. The minimum absolute atomic E-state index is 0.0238. The molecule has 1 aromatic rings. The van der Waals surface area contributed by atoms with Crippen molar-refractivity contribution in [2.24, 2.45) is 0 Å². The van der Waals surface area contributed by atoms with Crippen LogP contribution in [0.5, 0.6) is 0 Å². The first kappa shape index (κ1) is 17.4. The van der Waals surface area contributed by atoms with Crippen LogP contribution < -0.4 is 9.03 Å². The van der Waals surface area contributed by atoms with Crippen LogP contribution in [0.2, 0.25) is 0 Å². The van der Waals surface area contributed by atoms with Gasteiger partial charge in [0.25, 0.3) is 0 Å². The van der Waals surface area contributed by atoms with Crippen LogP contribution >= 0.6 is 0 Å². The first-order chi connectivity index (χ1) is 9.69. The molecule has 7 nitrogen and oxygen atoms in total. The zero-order valence-corrected chi connectivity index (χ0v) is 13.4. The fourth-order valence-corrected chi connectivity index (χ4v) is 3.13. The van der Waals surface area contributed by atoms with Gasteiger partial charge in [0.15, 0.2) is 0 Å². The van der Waals surface area contributed by atoms with Gasteiger partial charge in [0.2, 0.25) is 20.0 Å². The van der Waals surface area contributed by atoms with E-state index in [4.69, 9.17) is 5.26 Å². The van der Waals surface area contributed by atoms with Crippen LogP contribution in [-0.4, -0.2) is 41.9 Å². The van der Waals surface area contributed by atoms with E-state index in [-0.39, 0.29) is 18.8 Å². The van der Waals surface area contributed by atoms with Crippen molar-refractivity contribution in [3.8, 4) is 6.07 Å². The van der Waals surface area contributed by atoms with Gasteiger partial charge in [-0.2, -0.15) is 5.26 Å². The second kappa shape index (κ2) is 6.89. The maximum absolute atomic E-state index is 11.8. The van der Waals surface area contributed by atoms with Gasteiger partial charge in [0.1, 0.15) is 0 Å². The maximum atomic E-state index is 11.8. The molecule has 0 fully saturated rings. The predicted molar refractivity (Wildman–Crippen MR) is 80.8 cm³/mol. The van der Waals surface area contributed by atoms with Gasteiger partial charge in [-0.1, -0.05) is 0 Å². The lowest BCUT2D eigenvalue weighted by atomic mass is 10.2. The molecular weight excluding hydrogens is 314 g/mol. The van der Waals surface area contributed by atoms with Gasteiger partial charge in [0, 0.05) is 13.1 Å². The Labute approximate surface area is 125 Å². The summed E-state index contributed by atoms with van der Waals surface area (Å²) in [5.74, 6) is -0.0667. The number of sulfonamides is 2. The molecule has 9 heteroatoms. The minimum atomic E-state index is -3.55. The number of benzene rings is 1. The van der Waals surface area contributed by atoms with Crippen molar-refractivity contribution >= 4 is 25.7 Å². The Balaban J connectivity index is 2.90. The quantitative estimate of drug-likeness (QED) is 0.771. The standard InChI is InChI=1S/C12H17N3O4S2/c1-3-21(18,19)14-8-9-15(20(2,16)17)12-6-4-11(10-13)5-7-12/h4-7,14H,3,8-9H2,1-2H3. The third-order valence-corrected chi connectivity index (χ3v) is 5.30. The van der Waals surface area contributed by atoms with Crippen molar-refractivity contribution in [2.45, 2.75) is 6.92 Å². The van der Waals surface area contributed by atoms with Crippen molar-refractivity contribution < 1.29 is 16.8 Å². The zero-order chi connectivity index (χ0) is 16.1. The summed E-state index contributed by atoms with van der Waals surface area (Å²) in [6, 6.07) is 7.97. The van der Waals surface area contributed by atoms with Crippen molar-refractivity contribution in [3.05, 3.63) is 29.8 Å². The fraction of sp³-hybridized carbons (Fsp3) is 0.417. The highest BCUT2D eigenvalue weighted by molar-refractivity contribution is 7.92. The number of nitrogens with one attached hydrogen (secondary N) is 1. The number of rotatable bonds is 7. The largest absolute Gasteiger partial charge is 0.269 e. The Bertz CT molecular complexity index is 719. The van der Waals surface area contributed by atoms with Crippen molar-refractivity contribution in [3.63, 3.8) is 0 Å². The Kier molecular flexibility index (Phi) is 5.71. The van der Waals surface area contributed by atoms with E-state index in [1.54, 1.807) is 0 Å². The molecule has 1 N–H and O–H groups in total. The third kappa shape index (κ3) is 5.34. The number of hydrogen-bond donors (Lipinski definition) is 1. The second-order valence-electron chi connectivity index (χ2n) is 4.29. The zero-order valence-electron chi connectivity index (χ0n) is 11.8. The van der Waals surface area contributed by atoms with Crippen LogP contribution in [0.25, 0.3) is 0 Å². The summed E-state index contributed by atoms with van der Waals surface area (Å²) < 4.78 is 49.7. The summed E-state index contributed by atoms with van der Waals surface area (Å²) in [7, 11) is -6.91. The first-order valence-corrected chi connectivity index (χ1v) is 9.65. The van der Waals surface area contributed by atoms with Crippen LogP contribution in [-0.2, 0) is 20.0 Å². The summed E-state index contributed by atoms with van der Waals surface area (Å²) in [6.07, 6.45) is 1.04. The van der Waals surface area contributed by atoms with Gasteiger partial charge in [-0.25, -0.2) is 21.6 Å². The molecule has 0 aliphatic carbocycles. The third-order valence-electron chi connectivity index (χ3n) is 2.70. The van der Waals surface area contributed by atoms with E-state index in [0.29, 0.717) is 11.3 Å². The summed E-state index contributed by atoms with van der Waals surface area (Å²) in [6.45, 7) is 1.45. The smallest absolute Gasteiger partial charge is 0.232 e. The summed E-state index contributed by atoms with van der Waals surface area (Å²) in [5, 5.41) is 8.73. The van der Waals surface area contributed by atoms with Crippen LogP contribution in [0.1, 0.15) is 12.5 Å². The van der Waals surface area contributed by atoms with Gasteiger partial charge >= 0.3 is 0 Å². The molecule has 0 aliphatic rings. The van der Waals surface area contributed by atoms with Crippen LogP contribution in [0.3, 0.4) is 0 Å². The van der Waals surface area contributed by atoms with Gasteiger partial charge in [-0.15, -0.1) is 0 Å². The van der Waals surface area contributed by atoms with Gasteiger partial charge in [-0.3, -0.25) is 4.31 Å². The van der Waals surface area contributed by atoms with Gasteiger partial charge < -0.3 is 0 Å².